The lowest BCUT2D eigenvalue weighted by Gasteiger charge is -2.09. The van der Waals surface area contributed by atoms with Crippen molar-refractivity contribution in [3.63, 3.8) is 0 Å². The summed E-state index contributed by atoms with van der Waals surface area (Å²) < 4.78 is 18.4. The van der Waals surface area contributed by atoms with Crippen molar-refractivity contribution >= 4 is 0 Å². The quantitative estimate of drug-likeness (QED) is 0.898. The molecule has 2 rings (SSSR count). The molecule has 3 heteroatoms. The summed E-state index contributed by atoms with van der Waals surface area (Å²) in [6, 6.07) is 5.15. The molecule has 1 aromatic carbocycles. The van der Waals surface area contributed by atoms with Crippen LogP contribution in [0.5, 0.6) is 0 Å². The van der Waals surface area contributed by atoms with E-state index in [-0.39, 0.29) is 5.82 Å². The van der Waals surface area contributed by atoms with Crippen LogP contribution in [0.25, 0.3) is 0 Å². The Kier molecular flexibility index (Phi) is 7.68. The minimum Gasteiger partial charge on any atom is -0.381 e. The number of aryl methyl sites for hydroxylation is 1. The Labute approximate surface area is 116 Å². The van der Waals surface area contributed by atoms with E-state index >= 15 is 0 Å². The van der Waals surface area contributed by atoms with Crippen molar-refractivity contribution in [3.05, 3.63) is 35.1 Å². The zero-order valence-electron chi connectivity index (χ0n) is 12.3. The van der Waals surface area contributed by atoms with E-state index in [1.165, 1.54) is 6.42 Å². The molecule has 19 heavy (non-hydrogen) atoms. The Morgan fingerprint density at radius 2 is 2.05 bits per heavy atom. The molecule has 1 unspecified atom stereocenters. The first-order valence-corrected chi connectivity index (χ1v) is 7.20. The Bertz CT molecular complexity index is 342. The first kappa shape index (κ1) is 16.1. The number of hydrogen-bond donors (Lipinski definition) is 1. The predicted molar refractivity (Wildman–Crippen MR) is 77.7 cm³/mol. The summed E-state index contributed by atoms with van der Waals surface area (Å²) >= 11 is 0. The highest BCUT2D eigenvalue weighted by atomic mass is 19.1. The maximum atomic E-state index is 13.1. The number of hydrogen-bond acceptors (Lipinski definition) is 2. The molecule has 1 atom stereocenters. The molecule has 1 saturated heterocycles. The zero-order valence-corrected chi connectivity index (χ0v) is 12.3. The fourth-order valence-electron chi connectivity index (χ4n) is 2.08. The summed E-state index contributed by atoms with van der Waals surface area (Å²) in [5.41, 5.74) is 1.98. The summed E-state index contributed by atoms with van der Waals surface area (Å²) in [5.74, 6) is 0.468. The van der Waals surface area contributed by atoms with Gasteiger partial charge in [-0.2, -0.15) is 0 Å². The molecule has 0 bridgehead atoms. The Morgan fingerprint density at radius 1 is 1.32 bits per heavy atom. The largest absolute Gasteiger partial charge is 0.381 e. The van der Waals surface area contributed by atoms with Crippen molar-refractivity contribution in [2.75, 3.05) is 19.8 Å². The summed E-state index contributed by atoms with van der Waals surface area (Å²) in [5, 5.41) is 3.35. The summed E-state index contributed by atoms with van der Waals surface area (Å²) in [6.45, 7) is 9.59. The van der Waals surface area contributed by atoms with Gasteiger partial charge in [0.05, 0.1) is 6.61 Å². The molecule has 2 nitrogen and oxygen atoms in total. The van der Waals surface area contributed by atoms with Gasteiger partial charge in [0.15, 0.2) is 0 Å². The highest BCUT2D eigenvalue weighted by Gasteiger charge is 2.14. The second kappa shape index (κ2) is 9.05. The van der Waals surface area contributed by atoms with Crippen molar-refractivity contribution in [2.24, 2.45) is 5.92 Å². The van der Waals surface area contributed by atoms with Crippen LogP contribution >= 0.6 is 0 Å². The standard InChI is InChI=1S/C13H18FNO.C3H8/c1-10-4-12(6-13(14)5-10)8-15-7-11-2-3-16-9-11;1-3-2/h4-6,11,15H,2-3,7-9H2,1H3;3H2,1-2H3. The fraction of sp³-hybridized carbons (Fsp3) is 0.625. The minimum absolute atomic E-state index is 0.152. The molecule has 0 saturated carbocycles. The molecule has 108 valence electrons. The number of benzene rings is 1. The third-order valence-electron chi connectivity index (χ3n) is 2.89. The average Bonchev–Trinajstić information content (AvgIpc) is 2.82. The lowest BCUT2D eigenvalue weighted by atomic mass is 10.1. The van der Waals surface area contributed by atoms with Gasteiger partial charge in [0.1, 0.15) is 5.82 Å². The second-order valence-corrected chi connectivity index (χ2v) is 5.20. The van der Waals surface area contributed by atoms with Gasteiger partial charge < -0.3 is 10.1 Å². The lowest BCUT2D eigenvalue weighted by Crippen LogP contribution is -2.22. The van der Waals surface area contributed by atoms with Gasteiger partial charge in [-0.05, 0) is 42.5 Å². The van der Waals surface area contributed by atoms with Gasteiger partial charge in [0.25, 0.3) is 0 Å². The molecule has 1 aliphatic heterocycles. The van der Waals surface area contributed by atoms with Crippen LogP contribution in [0, 0.1) is 18.7 Å². The van der Waals surface area contributed by atoms with Crippen molar-refractivity contribution in [1.29, 1.82) is 0 Å². The summed E-state index contributed by atoms with van der Waals surface area (Å²) in [6.07, 6.45) is 2.38. The molecule has 1 aromatic rings. The molecular weight excluding hydrogens is 241 g/mol. The van der Waals surface area contributed by atoms with E-state index in [2.05, 4.69) is 19.2 Å². The van der Waals surface area contributed by atoms with Crippen molar-refractivity contribution < 1.29 is 9.13 Å². The van der Waals surface area contributed by atoms with Crippen molar-refractivity contribution in [1.82, 2.24) is 5.32 Å². The van der Waals surface area contributed by atoms with Gasteiger partial charge in [0.2, 0.25) is 0 Å². The number of ether oxygens (including phenoxy) is 1. The SMILES string of the molecule is CCC.Cc1cc(F)cc(CNCC2CCOC2)c1. The van der Waals surface area contributed by atoms with Gasteiger partial charge in [-0.1, -0.05) is 26.3 Å². The van der Waals surface area contributed by atoms with Crippen LogP contribution in [-0.2, 0) is 11.3 Å². The van der Waals surface area contributed by atoms with Crippen LogP contribution in [-0.4, -0.2) is 19.8 Å². The minimum atomic E-state index is -0.152. The molecule has 1 aliphatic rings. The molecule has 0 radical (unpaired) electrons. The summed E-state index contributed by atoms with van der Waals surface area (Å²) in [4.78, 5) is 0. The van der Waals surface area contributed by atoms with Gasteiger partial charge in [-0.25, -0.2) is 4.39 Å². The zero-order chi connectivity index (χ0) is 14.1. The number of rotatable bonds is 4. The van der Waals surface area contributed by atoms with E-state index in [0.717, 1.165) is 43.9 Å². The molecular formula is C16H26FNO. The molecule has 1 N–H and O–H groups in total. The lowest BCUT2D eigenvalue weighted by molar-refractivity contribution is 0.185. The van der Waals surface area contributed by atoms with E-state index in [1.54, 1.807) is 12.1 Å². The maximum absolute atomic E-state index is 13.1. The van der Waals surface area contributed by atoms with Crippen LogP contribution in [0.2, 0.25) is 0 Å². The monoisotopic (exact) mass is 267 g/mol. The summed E-state index contributed by atoms with van der Waals surface area (Å²) in [7, 11) is 0. The van der Waals surface area contributed by atoms with Gasteiger partial charge in [-0.15, -0.1) is 0 Å². The van der Waals surface area contributed by atoms with E-state index in [0.29, 0.717) is 5.92 Å². The molecule has 0 spiro atoms. The van der Waals surface area contributed by atoms with Gasteiger partial charge >= 0.3 is 0 Å². The number of nitrogens with one attached hydrogen (secondary N) is 1. The van der Waals surface area contributed by atoms with E-state index in [4.69, 9.17) is 4.74 Å². The van der Waals surface area contributed by atoms with Crippen LogP contribution in [0.3, 0.4) is 0 Å². The second-order valence-electron chi connectivity index (χ2n) is 5.20. The Hall–Kier alpha value is -0.930. The van der Waals surface area contributed by atoms with Gasteiger partial charge in [-0.3, -0.25) is 0 Å². The molecule has 1 fully saturated rings. The first-order chi connectivity index (χ1) is 9.15. The average molecular weight is 267 g/mol. The van der Waals surface area contributed by atoms with Gasteiger partial charge in [0, 0.05) is 19.7 Å². The van der Waals surface area contributed by atoms with Crippen LogP contribution in [0.4, 0.5) is 4.39 Å². The normalized spacial score (nSPS) is 18.0. The van der Waals surface area contributed by atoms with Crippen LogP contribution in [0.15, 0.2) is 18.2 Å². The predicted octanol–water partition coefficient (Wildman–Crippen LogP) is 3.68. The first-order valence-electron chi connectivity index (χ1n) is 7.20. The smallest absolute Gasteiger partial charge is 0.123 e. The van der Waals surface area contributed by atoms with Crippen molar-refractivity contribution in [3.8, 4) is 0 Å². The molecule has 0 aromatic heterocycles. The highest BCUT2D eigenvalue weighted by Crippen LogP contribution is 2.12. The fourth-order valence-corrected chi connectivity index (χ4v) is 2.08. The number of halogens is 1. The molecule has 0 amide bonds. The van der Waals surface area contributed by atoms with E-state index in [9.17, 15) is 4.39 Å². The highest BCUT2D eigenvalue weighted by molar-refractivity contribution is 5.23. The van der Waals surface area contributed by atoms with Crippen molar-refractivity contribution in [2.45, 2.75) is 40.2 Å². The third-order valence-corrected chi connectivity index (χ3v) is 2.89. The molecule has 0 aliphatic carbocycles. The van der Waals surface area contributed by atoms with Crippen LogP contribution in [0.1, 0.15) is 37.8 Å². The Morgan fingerprint density at radius 3 is 2.63 bits per heavy atom. The molecule has 1 heterocycles. The topological polar surface area (TPSA) is 21.3 Å². The maximum Gasteiger partial charge on any atom is 0.123 e. The van der Waals surface area contributed by atoms with Crippen LogP contribution < -0.4 is 5.32 Å². The third kappa shape index (κ3) is 6.69. The van der Waals surface area contributed by atoms with E-state index < -0.39 is 0 Å². The van der Waals surface area contributed by atoms with E-state index in [1.807, 2.05) is 13.0 Å². The Balaban J connectivity index is 0.000000550.